The number of ketones is 1. The third kappa shape index (κ3) is 6.33. The van der Waals surface area contributed by atoms with Crippen molar-refractivity contribution in [3.05, 3.63) is 24.8 Å². The highest BCUT2D eigenvalue weighted by atomic mass is 16.4. The van der Waals surface area contributed by atoms with Crippen molar-refractivity contribution in [3.63, 3.8) is 0 Å². The van der Waals surface area contributed by atoms with Crippen molar-refractivity contribution in [2.75, 3.05) is 0 Å². The molecule has 0 aromatic heterocycles. The molecule has 0 aromatic carbocycles. The van der Waals surface area contributed by atoms with Crippen LogP contribution < -0.4 is 0 Å². The van der Waals surface area contributed by atoms with Crippen LogP contribution in [-0.4, -0.2) is 16.9 Å². The molecular formula is C35H60O3. The molecule has 38 heavy (non-hydrogen) atoms. The first kappa shape index (κ1) is 32.8. The van der Waals surface area contributed by atoms with Gasteiger partial charge in [-0.2, -0.15) is 0 Å². The molecule has 0 heterocycles. The van der Waals surface area contributed by atoms with Gasteiger partial charge in [-0.25, -0.2) is 0 Å². The van der Waals surface area contributed by atoms with Crippen LogP contribution in [0.15, 0.2) is 24.8 Å². The van der Waals surface area contributed by atoms with E-state index in [0.717, 1.165) is 30.6 Å². The molecule has 0 bridgehead atoms. The molecule has 8 atom stereocenters. The second kappa shape index (κ2) is 14.3. The summed E-state index contributed by atoms with van der Waals surface area (Å²) >= 11 is 0. The molecule has 8 unspecified atom stereocenters. The van der Waals surface area contributed by atoms with Gasteiger partial charge in [-0.15, -0.1) is 6.58 Å². The minimum absolute atomic E-state index is 0.0476. The molecule has 3 saturated carbocycles. The maximum Gasteiger partial charge on any atom is 0.303 e. The highest BCUT2D eigenvalue weighted by Gasteiger charge is 2.64. The molecule has 0 amide bonds. The van der Waals surface area contributed by atoms with Gasteiger partial charge in [0, 0.05) is 12.8 Å². The molecule has 0 spiro atoms. The van der Waals surface area contributed by atoms with Crippen LogP contribution in [0.25, 0.3) is 0 Å². The van der Waals surface area contributed by atoms with Gasteiger partial charge in [0.25, 0.3) is 0 Å². The van der Waals surface area contributed by atoms with Crippen LogP contribution in [0.2, 0.25) is 0 Å². The second-order valence-corrected chi connectivity index (χ2v) is 13.3. The smallest absolute Gasteiger partial charge is 0.303 e. The van der Waals surface area contributed by atoms with Crippen molar-refractivity contribution in [3.8, 4) is 0 Å². The Morgan fingerprint density at radius 3 is 2.32 bits per heavy atom. The van der Waals surface area contributed by atoms with E-state index in [4.69, 9.17) is 0 Å². The summed E-state index contributed by atoms with van der Waals surface area (Å²) in [6, 6.07) is 0. The zero-order chi connectivity index (χ0) is 28.7. The Balaban J connectivity index is 0.00000247. The molecule has 0 saturated heterocycles. The molecule has 0 aromatic rings. The van der Waals surface area contributed by atoms with E-state index in [1.54, 1.807) is 0 Å². The SMILES string of the molecule is C=CC1(CCC(=O)O)C(=O)CC(C=CCC)C2C1CCC1(C(C)C)C(C(C)CCCC(C)C)CCC21.CC. The third-order valence-corrected chi connectivity index (χ3v) is 11.0. The van der Waals surface area contributed by atoms with Crippen molar-refractivity contribution in [1.29, 1.82) is 0 Å². The zero-order valence-corrected chi connectivity index (χ0v) is 26.1. The van der Waals surface area contributed by atoms with E-state index < -0.39 is 11.4 Å². The fourth-order valence-corrected chi connectivity index (χ4v) is 9.44. The molecule has 3 heteroatoms. The Bertz CT molecular complexity index is 810. The Labute approximate surface area is 235 Å². The monoisotopic (exact) mass is 528 g/mol. The van der Waals surface area contributed by atoms with Crippen molar-refractivity contribution in [1.82, 2.24) is 0 Å². The van der Waals surface area contributed by atoms with Gasteiger partial charge in [-0.1, -0.05) is 92.9 Å². The summed E-state index contributed by atoms with van der Waals surface area (Å²) in [5.41, 5.74) is -0.347. The molecule has 3 aliphatic carbocycles. The van der Waals surface area contributed by atoms with Crippen LogP contribution in [-0.2, 0) is 9.59 Å². The number of fused-ring (bicyclic) bond motifs is 3. The minimum atomic E-state index is -0.808. The minimum Gasteiger partial charge on any atom is -0.481 e. The normalized spacial score (nSPS) is 35.5. The third-order valence-electron chi connectivity index (χ3n) is 11.0. The average molecular weight is 529 g/mol. The Hall–Kier alpha value is -1.38. The quantitative estimate of drug-likeness (QED) is 0.256. The Morgan fingerprint density at radius 2 is 1.76 bits per heavy atom. The lowest BCUT2D eigenvalue weighted by atomic mass is 9.43. The molecule has 0 aliphatic heterocycles. The van der Waals surface area contributed by atoms with Gasteiger partial charge in [0.2, 0.25) is 0 Å². The summed E-state index contributed by atoms with van der Waals surface area (Å²) in [7, 11) is 0. The van der Waals surface area contributed by atoms with Crippen LogP contribution in [0.3, 0.4) is 0 Å². The van der Waals surface area contributed by atoms with Crippen molar-refractivity contribution in [2.24, 2.45) is 58.2 Å². The van der Waals surface area contributed by atoms with Crippen LogP contribution in [0.1, 0.15) is 126 Å². The molecule has 3 aliphatic rings. The first-order valence-corrected chi connectivity index (χ1v) is 16.1. The van der Waals surface area contributed by atoms with E-state index in [2.05, 4.69) is 60.3 Å². The van der Waals surface area contributed by atoms with Gasteiger partial charge < -0.3 is 5.11 Å². The highest BCUT2D eigenvalue weighted by molar-refractivity contribution is 5.89. The lowest BCUT2D eigenvalue weighted by molar-refractivity contribution is -0.153. The van der Waals surface area contributed by atoms with E-state index in [1.165, 1.54) is 38.5 Å². The fourth-order valence-electron chi connectivity index (χ4n) is 9.44. The number of hydrogen-bond donors (Lipinski definition) is 1. The van der Waals surface area contributed by atoms with Crippen LogP contribution in [0.5, 0.6) is 0 Å². The molecular weight excluding hydrogens is 468 g/mol. The first-order valence-electron chi connectivity index (χ1n) is 16.1. The standard InChI is InChI=1S/C33H54O3.C2H6/c1-8-10-14-25-21-29(34)32(9-2,19-18-30(35)36)27-17-20-33(23(5)6)26(15-16-28(33)31(25)27)24(7)13-11-12-22(3)4;1-2/h9-10,14,22-28,31H,2,8,11-13,15-21H2,1,3-7H3,(H,35,36);1-2H3. The van der Waals surface area contributed by atoms with Gasteiger partial charge in [0.05, 0.1) is 5.41 Å². The van der Waals surface area contributed by atoms with Crippen molar-refractivity contribution in [2.45, 2.75) is 126 Å². The Morgan fingerprint density at radius 1 is 1.08 bits per heavy atom. The number of aliphatic carboxylic acids is 1. The molecule has 1 N–H and O–H groups in total. The van der Waals surface area contributed by atoms with E-state index in [1.807, 2.05) is 19.9 Å². The van der Waals surface area contributed by atoms with E-state index in [9.17, 15) is 14.7 Å². The number of allylic oxidation sites excluding steroid dienone is 3. The molecule has 218 valence electrons. The van der Waals surface area contributed by atoms with Crippen LogP contribution in [0.4, 0.5) is 0 Å². The zero-order valence-electron chi connectivity index (χ0n) is 26.1. The van der Waals surface area contributed by atoms with Crippen LogP contribution in [0, 0.1) is 58.2 Å². The largest absolute Gasteiger partial charge is 0.481 e. The number of hydrogen-bond acceptors (Lipinski definition) is 2. The first-order chi connectivity index (χ1) is 18.0. The number of carbonyl (C=O) groups excluding carboxylic acids is 1. The Kier molecular flexibility index (Phi) is 12.4. The number of rotatable bonds is 12. The van der Waals surface area contributed by atoms with Crippen molar-refractivity contribution >= 4 is 11.8 Å². The molecule has 3 rings (SSSR count). The lowest BCUT2D eigenvalue weighted by Gasteiger charge is -2.60. The second-order valence-electron chi connectivity index (χ2n) is 13.3. The predicted octanol–water partition coefficient (Wildman–Crippen LogP) is 9.76. The summed E-state index contributed by atoms with van der Waals surface area (Å²) < 4.78 is 0. The van der Waals surface area contributed by atoms with Gasteiger partial charge in [0.1, 0.15) is 5.78 Å². The van der Waals surface area contributed by atoms with Crippen LogP contribution >= 0.6 is 0 Å². The predicted molar refractivity (Wildman–Crippen MR) is 161 cm³/mol. The van der Waals surface area contributed by atoms with Gasteiger partial charge in [-0.05, 0) is 91.3 Å². The number of carbonyl (C=O) groups is 2. The number of carboxylic acid groups (broad SMARTS) is 1. The molecule has 3 fully saturated rings. The van der Waals surface area contributed by atoms with E-state index in [-0.39, 0.29) is 24.0 Å². The van der Waals surface area contributed by atoms with E-state index >= 15 is 0 Å². The molecule has 3 nitrogen and oxygen atoms in total. The highest BCUT2D eigenvalue weighted by Crippen LogP contribution is 2.69. The fraction of sp³-hybridized carbons (Fsp3) is 0.829. The lowest BCUT2D eigenvalue weighted by Crippen LogP contribution is -2.57. The van der Waals surface area contributed by atoms with Gasteiger partial charge >= 0.3 is 5.97 Å². The number of carboxylic acids is 1. The maximum absolute atomic E-state index is 13.7. The summed E-state index contributed by atoms with van der Waals surface area (Å²) in [4.78, 5) is 25.3. The topological polar surface area (TPSA) is 54.4 Å². The summed E-state index contributed by atoms with van der Waals surface area (Å²) in [5, 5.41) is 9.51. The summed E-state index contributed by atoms with van der Waals surface area (Å²) in [5.74, 6) is 3.85. The maximum atomic E-state index is 13.7. The summed E-state index contributed by atoms with van der Waals surface area (Å²) in [6.07, 6.45) is 17.2. The summed E-state index contributed by atoms with van der Waals surface area (Å²) in [6.45, 7) is 22.4. The van der Waals surface area contributed by atoms with Crippen molar-refractivity contribution < 1.29 is 14.7 Å². The van der Waals surface area contributed by atoms with Gasteiger partial charge in [0.15, 0.2) is 0 Å². The average Bonchev–Trinajstić information content (AvgIpc) is 3.29. The van der Waals surface area contributed by atoms with Gasteiger partial charge in [-0.3, -0.25) is 9.59 Å². The number of Topliss-reactive ketones (excluding diaryl/α,β-unsaturated/α-hetero) is 1. The van der Waals surface area contributed by atoms with E-state index in [0.29, 0.717) is 36.0 Å². The molecule has 0 radical (unpaired) electrons.